The van der Waals surface area contributed by atoms with Gasteiger partial charge in [-0.3, -0.25) is 0 Å². The average molecular weight is 251 g/mol. The van der Waals surface area contributed by atoms with Crippen LogP contribution in [0.4, 0.5) is 4.39 Å². The van der Waals surface area contributed by atoms with Gasteiger partial charge in [0.15, 0.2) is 5.69 Å². The van der Waals surface area contributed by atoms with Gasteiger partial charge in [0.1, 0.15) is 10.8 Å². The van der Waals surface area contributed by atoms with Gasteiger partial charge in [0.25, 0.3) is 0 Å². The first-order valence-corrected chi connectivity index (χ1v) is 5.78. The van der Waals surface area contributed by atoms with Crippen molar-refractivity contribution in [2.45, 2.75) is 13.8 Å². The van der Waals surface area contributed by atoms with E-state index in [0.29, 0.717) is 15.4 Å². The summed E-state index contributed by atoms with van der Waals surface area (Å²) < 4.78 is 13.7. The molecule has 0 atom stereocenters. The van der Waals surface area contributed by atoms with Crippen LogP contribution in [-0.2, 0) is 0 Å². The summed E-state index contributed by atoms with van der Waals surface area (Å²) in [5.74, 6) is -1.46. The van der Waals surface area contributed by atoms with Gasteiger partial charge in [-0.1, -0.05) is 6.07 Å². The molecule has 88 valence electrons. The molecule has 0 saturated heterocycles. The van der Waals surface area contributed by atoms with E-state index in [1.807, 2.05) is 0 Å². The maximum Gasteiger partial charge on any atom is 0.355 e. The molecule has 1 aromatic carbocycles. The van der Waals surface area contributed by atoms with Crippen molar-refractivity contribution in [3.8, 4) is 10.6 Å². The first-order chi connectivity index (χ1) is 7.99. The molecule has 0 aliphatic rings. The molecule has 0 aliphatic carbocycles. The second-order valence-electron chi connectivity index (χ2n) is 3.71. The third kappa shape index (κ3) is 2.19. The van der Waals surface area contributed by atoms with Gasteiger partial charge >= 0.3 is 5.97 Å². The lowest BCUT2D eigenvalue weighted by Crippen LogP contribution is -1.98. The summed E-state index contributed by atoms with van der Waals surface area (Å²) in [6, 6.07) is 4.80. The highest BCUT2D eigenvalue weighted by atomic mass is 32.1. The van der Waals surface area contributed by atoms with Crippen LogP contribution in [0.1, 0.15) is 20.9 Å². The van der Waals surface area contributed by atoms with E-state index in [4.69, 9.17) is 5.11 Å². The number of hydrogen-bond donors (Lipinski definition) is 1. The Morgan fingerprint density at radius 3 is 2.65 bits per heavy atom. The van der Waals surface area contributed by atoms with Crippen LogP contribution in [-0.4, -0.2) is 16.1 Å². The Bertz CT molecular complexity index is 592. The highest BCUT2D eigenvalue weighted by Gasteiger charge is 2.17. The minimum absolute atomic E-state index is 0.00928. The summed E-state index contributed by atoms with van der Waals surface area (Å²) in [7, 11) is 0. The number of thiazole rings is 1. The molecule has 0 unspecified atom stereocenters. The summed E-state index contributed by atoms with van der Waals surface area (Å²) in [4.78, 5) is 15.4. The van der Waals surface area contributed by atoms with Crippen LogP contribution in [0.5, 0.6) is 0 Å². The summed E-state index contributed by atoms with van der Waals surface area (Å²) in [6.07, 6.45) is 0. The van der Waals surface area contributed by atoms with E-state index in [1.165, 1.54) is 17.4 Å². The molecule has 0 saturated carbocycles. The van der Waals surface area contributed by atoms with E-state index in [-0.39, 0.29) is 11.5 Å². The minimum Gasteiger partial charge on any atom is -0.476 e. The number of benzene rings is 1. The second kappa shape index (κ2) is 4.25. The van der Waals surface area contributed by atoms with Crippen molar-refractivity contribution >= 4 is 17.3 Å². The predicted molar refractivity (Wildman–Crippen MR) is 63.9 cm³/mol. The number of carboxylic acids is 1. The zero-order valence-corrected chi connectivity index (χ0v) is 10.1. The minimum atomic E-state index is -1.09. The molecule has 5 heteroatoms. The van der Waals surface area contributed by atoms with Crippen LogP contribution in [0.3, 0.4) is 0 Å². The fourth-order valence-corrected chi connectivity index (χ4v) is 2.44. The Kier molecular flexibility index (Phi) is 2.93. The third-order valence-corrected chi connectivity index (χ3v) is 3.36. The van der Waals surface area contributed by atoms with E-state index in [1.54, 1.807) is 26.0 Å². The van der Waals surface area contributed by atoms with Crippen molar-refractivity contribution in [2.24, 2.45) is 0 Å². The zero-order valence-electron chi connectivity index (χ0n) is 9.32. The monoisotopic (exact) mass is 251 g/mol. The fraction of sp³-hybridized carbons (Fsp3) is 0.167. The van der Waals surface area contributed by atoms with Crippen molar-refractivity contribution in [3.63, 3.8) is 0 Å². The molecule has 2 aromatic rings. The molecule has 0 spiro atoms. The quantitative estimate of drug-likeness (QED) is 0.891. The van der Waals surface area contributed by atoms with Crippen molar-refractivity contribution in [3.05, 3.63) is 40.2 Å². The van der Waals surface area contributed by atoms with Gasteiger partial charge in [0.2, 0.25) is 0 Å². The molecular weight excluding hydrogens is 241 g/mol. The van der Waals surface area contributed by atoms with Crippen molar-refractivity contribution in [2.75, 3.05) is 0 Å². The van der Waals surface area contributed by atoms with Gasteiger partial charge in [-0.25, -0.2) is 14.2 Å². The number of nitrogens with zero attached hydrogens (tertiary/aromatic N) is 1. The van der Waals surface area contributed by atoms with E-state index in [0.717, 1.165) is 5.56 Å². The Morgan fingerprint density at radius 2 is 2.12 bits per heavy atom. The molecule has 1 heterocycles. The van der Waals surface area contributed by atoms with Crippen LogP contribution < -0.4 is 0 Å². The van der Waals surface area contributed by atoms with E-state index < -0.39 is 5.97 Å². The lowest BCUT2D eigenvalue weighted by atomic mass is 10.1. The lowest BCUT2D eigenvalue weighted by Gasteiger charge is -1.99. The van der Waals surface area contributed by atoms with Crippen molar-refractivity contribution in [1.29, 1.82) is 0 Å². The average Bonchev–Trinajstić information content (AvgIpc) is 2.60. The first kappa shape index (κ1) is 11.7. The summed E-state index contributed by atoms with van der Waals surface area (Å²) in [5.41, 5.74) is 1.15. The molecule has 17 heavy (non-hydrogen) atoms. The molecule has 3 nitrogen and oxygen atoms in total. The maximum absolute atomic E-state index is 13.7. The van der Waals surface area contributed by atoms with Crippen molar-refractivity contribution < 1.29 is 14.3 Å². The summed E-state index contributed by atoms with van der Waals surface area (Å²) in [5, 5.41) is 9.29. The smallest absolute Gasteiger partial charge is 0.355 e. The molecule has 1 N–H and O–H groups in total. The largest absolute Gasteiger partial charge is 0.476 e. The van der Waals surface area contributed by atoms with Crippen LogP contribution in [0.2, 0.25) is 0 Å². The number of carbonyl (C=O) groups is 1. The zero-order chi connectivity index (χ0) is 12.6. The molecule has 1 aromatic heterocycles. The maximum atomic E-state index is 13.7. The number of aryl methyl sites for hydroxylation is 2. The van der Waals surface area contributed by atoms with Gasteiger partial charge in [-0.15, -0.1) is 11.3 Å². The van der Waals surface area contributed by atoms with Crippen LogP contribution in [0, 0.1) is 19.7 Å². The SMILES string of the molecule is Cc1ccc(-c2nc(C(=O)O)c(C)s2)c(F)c1. The van der Waals surface area contributed by atoms with Gasteiger partial charge in [-0.2, -0.15) is 0 Å². The normalized spacial score (nSPS) is 10.5. The number of rotatable bonds is 2. The van der Waals surface area contributed by atoms with Gasteiger partial charge in [0.05, 0.1) is 0 Å². The van der Waals surface area contributed by atoms with E-state index >= 15 is 0 Å². The molecule has 0 bridgehead atoms. The number of halogens is 1. The predicted octanol–water partition coefficient (Wildman–Crippen LogP) is 3.26. The fourth-order valence-electron chi connectivity index (χ4n) is 1.50. The number of carboxylic acid groups (broad SMARTS) is 1. The third-order valence-electron chi connectivity index (χ3n) is 2.35. The Morgan fingerprint density at radius 1 is 1.41 bits per heavy atom. The molecule has 0 radical (unpaired) electrons. The standard InChI is InChI=1S/C12H10FNO2S/c1-6-3-4-8(9(13)5-6)11-14-10(12(15)16)7(2)17-11/h3-5H,1-2H3,(H,15,16). The van der Waals surface area contributed by atoms with Crippen LogP contribution >= 0.6 is 11.3 Å². The highest BCUT2D eigenvalue weighted by Crippen LogP contribution is 2.29. The summed E-state index contributed by atoms with van der Waals surface area (Å²) >= 11 is 1.18. The molecule has 0 fully saturated rings. The van der Waals surface area contributed by atoms with Gasteiger partial charge in [0, 0.05) is 10.4 Å². The summed E-state index contributed by atoms with van der Waals surface area (Å²) in [6.45, 7) is 3.46. The topological polar surface area (TPSA) is 50.2 Å². The molecular formula is C12H10FNO2S. The van der Waals surface area contributed by atoms with E-state index in [2.05, 4.69) is 4.98 Å². The molecule has 0 aliphatic heterocycles. The Balaban J connectivity index is 2.53. The Hall–Kier alpha value is -1.75. The van der Waals surface area contributed by atoms with E-state index in [9.17, 15) is 9.18 Å². The first-order valence-electron chi connectivity index (χ1n) is 4.96. The second-order valence-corrected chi connectivity index (χ2v) is 4.92. The molecule has 0 amide bonds. The lowest BCUT2D eigenvalue weighted by molar-refractivity contribution is 0.0690. The highest BCUT2D eigenvalue weighted by molar-refractivity contribution is 7.15. The van der Waals surface area contributed by atoms with Crippen LogP contribution in [0.15, 0.2) is 18.2 Å². The van der Waals surface area contributed by atoms with Gasteiger partial charge < -0.3 is 5.11 Å². The number of aromatic nitrogens is 1. The Labute approximate surface area is 102 Å². The number of aromatic carboxylic acids is 1. The molecule has 2 rings (SSSR count). The van der Waals surface area contributed by atoms with Crippen molar-refractivity contribution in [1.82, 2.24) is 4.98 Å². The van der Waals surface area contributed by atoms with Gasteiger partial charge in [-0.05, 0) is 31.5 Å². The number of hydrogen-bond acceptors (Lipinski definition) is 3. The van der Waals surface area contributed by atoms with Crippen LogP contribution in [0.25, 0.3) is 10.6 Å².